The second-order valence-corrected chi connectivity index (χ2v) is 19.4. The molecule has 0 saturated carbocycles. The molecule has 0 bridgehead atoms. The van der Waals surface area contributed by atoms with E-state index in [1.54, 1.807) is 0 Å². The first-order valence-corrected chi connectivity index (χ1v) is 16.7. The molecular weight excluding hydrogens is 577 g/mol. The third-order valence-corrected chi connectivity index (χ3v) is 18.9. The van der Waals surface area contributed by atoms with Crippen LogP contribution in [-0.2, 0) is 18.5 Å². The number of rotatable bonds is 3. The molecule has 0 saturated heterocycles. The van der Waals surface area contributed by atoms with E-state index in [1.165, 1.54) is 0 Å². The van der Waals surface area contributed by atoms with Crippen LogP contribution in [0, 0.1) is 0 Å². The van der Waals surface area contributed by atoms with Crippen LogP contribution in [0.25, 0.3) is 0 Å². The fraction of sp³-hybridized carbons (Fsp3) is 0.143. The second-order valence-electron chi connectivity index (χ2n) is 6.88. The molecule has 0 aliphatic heterocycles. The van der Waals surface area contributed by atoms with Crippen LogP contribution in [0.5, 0.6) is 0 Å². The van der Waals surface area contributed by atoms with Crippen LogP contribution < -0.4 is 10.7 Å². The van der Waals surface area contributed by atoms with E-state index in [4.69, 9.17) is 8.92 Å². The summed E-state index contributed by atoms with van der Waals surface area (Å²) < 4.78 is 117. The Kier molecular flexibility index (Phi) is 6.56. The zero-order chi connectivity index (χ0) is 23.9. The average Bonchev–Trinajstić information content (AvgIpc) is 2.71. The van der Waals surface area contributed by atoms with Crippen molar-refractivity contribution in [2.45, 2.75) is 18.5 Å². The SMILES string of the molecule is FC(F)(F)c1cc[c]([Sn]([Cl])([c]2ccc(C(F)(F)F)cc2)[c]2ccc(C(F)(F)F)cc2)cc1. The van der Waals surface area contributed by atoms with E-state index in [0.717, 1.165) is 72.8 Å². The van der Waals surface area contributed by atoms with Crippen molar-refractivity contribution in [2.75, 3.05) is 0 Å². The van der Waals surface area contributed by atoms with Crippen molar-refractivity contribution in [3.05, 3.63) is 89.5 Å². The van der Waals surface area contributed by atoms with Crippen molar-refractivity contribution in [3.8, 4) is 0 Å². The van der Waals surface area contributed by atoms with E-state index < -0.39 is 52.5 Å². The summed E-state index contributed by atoms with van der Waals surface area (Å²) in [7, 11) is 6.98. The zero-order valence-electron chi connectivity index (χ0n) is 15.7. The molecule has 170 valence electrons. The summed E-state index contributed by atoms with van der Waals surface area (Å²) in [6.07, 6.45) is -13.9. The predicted octanol–water partition coefficient (Wildman–Crippen LogP) is 5.95. The van der Waals surface area contributed by atoms with E-state index in [9.17, 15) is 39.5 Å². The Morgan fingerprint density at radius 3 is 0.750 bits per heavy atom. The molecule has 11 heteroatoms. The third-order valence-electron chi connectivity index (χ3n) is 4.83. The van der Waals surface area contributed by atoms with Crippen LogP contribution in [-0.4, -0.2) is 17.3 Å². The van der Waals surface area contributed by atoms with Gasteiger partial charge in [0.1, 0.15) is 0 Å². The summed E-state index contributed by atoms with van der Waals surface area (Å²) in [4.78, 5) is 0. The van der Waals surface area contributed by atoms with Crippen LogP contribution >= 0.6 is 8.92 Å². The molecule has 32 heavy (non-hydrogen) atoms. The van der Waals surface area contributed by atoms with Gasteiger partial charge in [-0.1, -0.05) is 0 Å². The summed E-state index contributed by atoms with van der Waals surface area (Å²) in [5, 5.41) is 0. The standard InChI is InChI=1S/3C7H4F3.ClH.Sn/c3*8-7(9,10)6-4-2-1-3-5-6;;/h3*2-5H;1H;/q;;;;+1/p-1. The van der Waals surface area contributed by atoms with E-state index >= 15 is 0 Å². The molecule has 0 aliphatic carbocycles. The summed E-state index contributed by atoms with van der Waals surface area (Å²) >= 11 is -4.73. The maximum atomic E-state index is 12.9. The van der Waals surface area contributed by atoms with E-state index in [-0.39, 0.29) is 10.7 Å². The quantitative estimate of drug-likeness (QED) is 0.262. The molecule has 0 unspecified atom stereocenters. The molecule has 0 heterocycles. The Hall–Kier alpha value is -1.88. The molecule has 3 rings (SSSR count). The zero-order valence-corrected chi connectivity index (χ0v) is 19.3. The summed E-state index contributed by atoms with van der Waals surface area (Å²) in [5.74, 6) is 0. The normalized spacial score (nSPS) is 13.3. The van der Waals surface area contributed by atoms with E-state index in [2.05, 4.69) is 0 Å². The molecule has 0 fully saturated rings. The fourth-order valence-corrected chi connectivity index (χ4v) is 13.9. The van der Waals surface area contributed by atoms with Gasteiger partial charge in [-0.3, -0.25) is 0 Å². The van der Waals surface area contributed by atoms with Crippen molar-refractivity contribution in [1.82, 2.24) is 0 Å². The molecular formula is C21H12ClF9Sn. The Morgan fingerprint density at radius 2 is 0.594 bits per heavy atom. The molecule has 0 amide bonds. The molecule has 3 aromatic carbocycles. The number of hydrogen-bond donors (Lipinski definition) is 0. The van der Waals surface area contributed by atoms with Gasteiger partial charge in [0.15, 0.2) is 0 Å². The number of hydrogen-bond acceptors (Lipinski definition) is 0. The molecule has 0 radical (unpaired) electrons. The molecule has 0 atom stereocenters. The number of alkyl halides is 9. The Morgan fingerprint density at radius 1 is 0.406 bits per heavy atom. The number of benzene rings is 3. The minimum absolute atomic E-state index is 0.244. The first-order chi connectivity index (χ1) is 14.6. The van der Waals surface area contributed by atoms with Gasteiger partial charge in [0, 0.05) is 0 Å². The van der Waals surface area contributed by atoms with Crippen LogP contribution in [0.1, 0.15) is 16.7 Å². The summed E-state index contributed by atoms with van der Waals surface area (Å²) in [6.45, 7) is 0. The molecule has 0 spiro atoms. The van der Waals surface area contributed by atoms with Crippen molar-refractivity contribution >= 4 is 36.9 Å². The third kappa shape index (κ3) is 5.03. The fourth-order valence-electron chi connectivity index (χ4n) is 3.17. The Bertz CT molecular complexity index is 926. The number of halogens is 10. The van der Waals surface area contributed by atoms with Crippen LogP contribution in [0.3, 0.4) is 0 Å². The van der Waals surface area contributed by atoms with Crippen LogP contribution in [0.2, 0.25) is 0 Å². The van der Waals surface area contributed by atoms with E-state index in [0.29, 0.717) is 0 Å². The Balaban J connectivity index is 2.17. The first kappa shape index (κ1) is 24.8. The van der Waals surface area contributed by atoms with E-state index in [1.807, 2.05) is 0 Å². The van der Waals surface area contributed by atoms with Gasteiger partial charge in [-0.25, -0.2) is 0 Å². The predicted molar refractivity (Wildman–Crippen MR) is 105 cm³/mol. The monoisotopic (exact) mass is 590 g/mol. The maximum absolute atomic E-state index is 12.9. The molecule has 0 aromatic heterocycles. The molecule has 0 N–H and O–H groups in total. The average molecular weight is 589 g/mol. The molecule has 0 aliphatic rings. The summed E-state index contributed by atoms with van der Waals surface area (Å²) in [5.41, 5.74) is -2.86. The Labute approximate surface area is 184 Å². The summed E-state index contributed by atoms with van der Waals surface area (Å²) in [6, 6.07) is 11.5. The minimum atomic E-state index is -4.73. The van der Waals surface area contributed by atoms with Gasteiger partial charge in [0.25, 0.3) is 0 Å². The first-order valence-electron chi connectivity index (χ1n) is 8.85. The topological polar surface area (TPSA) is 0 Å². The van der Waals surface area contributed by atoms with Crippen molar-refractivity contribution < 1.29 is 39.5 Å². The van der Waals surface area contributed by atoms with Gasteiger partial charge in [0.2, 0.25) is 0 Å². The van der Waals surface area contributed by atoms with Crippen molar-refractivity contribution in [2.24, 2.45) is 0 Å². The van der Waals surface area contributed by atoms with Gasteiger partial charge >= 0.3 is 184 Å². The second kappa shape index (κ2) is 8.48. The van der Waals surface area contributed by atoms with Crippen LogP contribution in [0.4, 0.5) is 39.5 Å². The van der Waals surface area contributed by atoms with Crippen molar-refractivity contribution in [3.63, 3.8) is 0 Å². The van der Waals surface area contributed by atoms with Crippen molar-refractivity contribution in [1.29, 1.82) is 0 Å². The van der Waals surface area contributed by atoms with Gasteiger partial charge in [0.05, 0.1) is 0 Å². The van der Waals surface area contributed by atoms with Gasteiger partial charge < -0.3 is 0 Å². The molecule has 0 nitrogen and oxygen atoms in total. The van der Waals surface area contributed by atoms with Gasteiger partial charge in [-0.15, -0.1) is 0 Å². The molecule has 3 aromatic rings. The van der Waals surface area contributed by atoms with Crippen LogP contribution in [0.15, 0.2) is 72.8 Å². The van der Waals surface area contributed by atoms with Gasteiger partial charge in [-0.2, -0.15) is 0 Å². The van der Waals surface area contributed by atoms with Gasteiger partial charge in [-0.05, 0) is 0 Å².